The maximum Gasteiger partial charge on any atom is 0.411 e. The minimum absolute atomic E-state index is 0. The summed E-state index contributed by atoms with van der Waals surface area (Å²) in [7, 11) is 0. The highest BCUT2D eigenvalue weighted by Gasteiger charge is 2.36. The van der Waals surface area contributed by atoms with E-state index in [2.05, 4.69) is 115 Å². The summed E-state index contributed by atoms with van der Waals surface area (Å²) in [5, 5.41) is 12.3. The lowest BCUT2D eigenvalue weighted by atomic mass is 9.97. The second kappa shape index (κ2) is 32.4. The first-order valence-electron chi connectivity index (χ1n) is 26.4. The molecule has 2 aliphatic heterocycles. The van der Waals surface area contributed by atoms with Gasteiger partial charge in [0.25, 0.3) is 0 Å². The fraction of sp³-hybridized carbons (Fsp3) is 0.541. The minimum atomic E-state index is -0.953. The first kappa shape index (κ1) is 60.6. The van der Waals surface area contributed by atoms with Gasteiger partial charge in [-0.1, -0.05) is 129 Å². The Labute approximate surface area is 433 Å². The maximum atomic E-state index is 13.4. The molecular formula is C61H90N4O7. The van der Waals surface area contributed by atoms with Gasteiger partial charge >= 0.3 is 18.2 Å². The maximum absolute atomic E-state index is 13.4. The molecule has 0 saturated carbocycles. The molecule has 2 heterocycles. The lowest BCUT2D eigenvalue weighted by Crippen LogP contribution is -2.54. The van der Waals surface area contributed by atoms with Gasteiger partial charge in [0.2, 0.25) is 5.91 Å². The monoisotopic (exact) mass is 991 g/mol. The molecule has 0 spiro atoms. The molecule has 4 aromatic rings. The van der Waals surface area contributed by atoms with Crippen LogP contribution in [0.5, 0.6) is 0 Å². The number of benzene rings is 4. The van der Waals surface area contributed by atoms with E-state index in [4.69, 9.17) is 20.3 Å². The van der Waals surface area contributed by atoms with E-state index in [1.807, 2.05) is 32.9 Å². The highest BCUT2D eigenvalue weighted by atomic mass is 16.6. The number of amides is 3. The summed E-state index contributed by atoms with van der Waals surface area (Å²) in [6, 6.07) is 41.6. The molecule has 0 aliphatic carbocycles. The number of nitrogens with one attached hydrogen (secondary N) is 1. The Morgan fingerprint density at radius 3 is 1.19 bits per heavy atom. The SMILES string of the molecule is C.CC(C)(C)OC(=O)N1CCCCC1C(=O)NC(CCCc1ccccc1)CCCc1ccccc1.CC(C)(C)OC(=O)N1CCCCC1C(=O)O.NC(CCCc1ccccc1)CCCc1ccccc1. The minimum Gasteiger partial charge on any atom is -0.480 e. The van der Waals surface area contributed by atoms with Crippen LogP contribution >= 0.6 is 0 Å². The molecule has 0 bridgehead atoms. The van der Waals surface area contributed by atoms with Gasteiger partial charge in [-0.3, -0.25) is 14.6 Å². The second-order valence-corrected chi connectivity index (χ2v) is 21.2. The highest BCUT2D eigenvalue weighted by molar-refractivity contribution is 5.86. The molecule has 3 amide bonds. The van der Waals surface area contributed by atoms with Crippen LogP contribution in [0.3, 0.4) is 0 Å². The molecule has 4 aromatic carbocycles. The van der Waals surface area contributed by atoms with Crippen LogP contribution in [0.1, 0.15) is 161 Å². The second-order valence-electron chi connectivity index (χ2n) is 21.2. The van der Waals surface area contributed by atoms with E-state index in [1.165, 1.54) is 40.0 Å². The smallest absolute Gasteiger partial charge is 0.411 e. The molecule has 2 unspecified atom stereocenters. The number of ether oxygens (including phenoxy) is 2. The molecule has 4 N–H and O–H groups in total. The number of hydrogen-bond donors (Lipinski definition) is 3. The number of carboxylic acids is 1. The number of likely N-dealkylation sites (tertiary alicyclic amines) is 2. The molecule has 72 heavy (non-hydrogen) atoms. The first-order valence-corrected chi connectivity index (χ1v) is 26.4. The van der Waals surface area contributed by atoms with E-state index in [0.29, 0.717) is 32.0 Å². The zero-order valence-corrected chi connectivity index (χ0v) is 43.9. The van der Waals surface area contributed by atoms with Crippen molar-refractivity contribution in [2.45, 2.75) is 200 Å². The van der Waals surface area contributed by atoms with E-state index in [1.54, 1.807) is 25.7 Å². The van der Waals surface area contributed by atoms with Crippen LogP contribution in [0.4, 0.5) is 9.59 Å². The lowest BCUT2D eigenvalue weighted by molar-refractivity contribution is -0.144. The number of aliphatic carboxylic acids is 1. The number of aryl methyl sites for hydroxylation is 4. The van der Waals surface area contributed by atoms with Crippen LogP contribution in [-0.4, -0.2) is 87.4 Å². The van der Waals surface area contributed by atoms with Crippen LogP contribution in [-0.2, 0) is 44.7 Å². The number of carbonyl (C=O) groups excluding carboxylic acids is 3. The number of rotatable bonds is 19. The summed E-state index contributed by atoms with van der Waals surface area (Å²) in [6.07, 6.45) is 16.6. The standard InChI is InChI=1S/C30H42N2O3.C19H25N.C11H19NO4.CH4/c1-30(2,3)35-29(34)32-23-11-10-22-27(32)28(33)31-26(20-12-18-24-14-6-4-7-15-24)21-13-19-25-16-8-5-9-17-25;20-19(15-7-13-17-9-3-1-4-10-17)16-8-14-18-11-5-2-6-12-18;1-11(2,3)16-10(15)12-7-5-4-6-8(12)9(13)14;/h4-9,14-17,26-27H,10-13,18-23H2,1-3H3,(H,31,33);1-6,9-12,19H,7-8,13-16,20H2;8H,4-7H2,1-3H3,(H,13,14);1H4. The molecule has 0 aromatic heterocycles. The molecule has 6 rings (SSSR count). The highest BCUT2D eigenvalue weighted by Crippen LogP contribution is 2.23. The summed E-state index contributed by atoms with van der Waals surface area (Å²) in [5.74, 6) is -0.995. The van der Waals surface area contributed by atoms with Crippen LogP contribution in [0, 0.1) is 0 Å². The summed E-state index contributed by atoms with van der Waals surface area (Å²) in [5.41, 5.74) is 10.5. The zero-order valence-electron chi connectivity index (χ0n) is 43.9. The predicted molar refractivity (Wildman–Crippen MR) is 293 cm³/mol. The molecule has 2 fully saturated rings. The van der Waals surface area contributed by atoms with Gasteiger partial charge in [-0.05, 0) is 179 Å². The molecule has 11 heteroatoms. The number of piperidine rings is 2. The third-order valence-electron chi connectivity index (χ3n) is 12.7. The van der Waals surface area contributed by atoms with Crippen LogP contribution in [0.2, 0.25) is 0 Å². The van der Waals surface area contributed by atoms with Gasteiger partial charge in [0.05, 0.1) is 0 Å². The Kier molecular flexibility index (Phi) is 27.3. The van der Waals surface area contributed by atoms with Gasteiger partial charge in [0.1, 0.15) is 23.3 Å². The molecule has 0 radical (unpaired) electrons. The third kappa shape index (κ3) is 24.6. The van der Waals surface area contributed by atoms with Gasteiger partial charge in [-0.25, -0.2) is 14.4 Å². The van der Waals surface area contributed by atoms with Gasteiger partial charge in [0, 0.05) is 25.2 Å². The number of nitrogens with two attached hydrogens (primary N) is 1. The summed E-state index contributed by atoms with van der Waals surface area (Å²) < 4.78 is 10.8. The van der Waals surface area contributed by atoms with E-state index in [-0.39, 0.29) is 25.5 Å². The largest absolute Gasteiger partial charge is 0.480 e. The van der Waals surface area contributed by atoms with Crippen molar-refractivity contribution in [1.29, 1.82) is 0 Å². The molecule has 2 atom stereocenters. The Morgan fingerprint density at radius 2 is 0.861 bits per heavy atom. The fourth-order valence-corrected chi connectivity index (χ4v) is 9.02. The number of carbonyl (C=O) groups is 4. The number of nitrogens with zero attached hydrogens (tertiary/aromatic N) is 2. The average Bonchev–Trinajstić information content (AvgIpc) is 3.34. The van der Waals surface area contributed by atoms with E-state index < -0.39 is 35.3 Å². The Morgan fingerprint density at radius 1 is 0.542 bits per heavy atom. The van der Waals surface area contributed by atoms with Crippen molar-refractivity contribution in [3.63, 3.8) is 0 Å². The summed E-state index contributed by atoms with van der Waals surface area (Å²) >= 11 is 0. The predicted octanol–water partition coefficient (Wildman–Crippen LogP) is 13.2. The van der Waals surface area contributed by atoms with E-state index in [9.17, 15) is 19.2 Å². The van der Waals surface area contributed by atoms with Gasteiger partial charge in [0.15, 0.2) is 0 Å². The fourth-order valence-electron chi connectivity index (χ4n) is 9.02. The molecule has 2 saturated heterocycles. The van der Waals surface area contributed by atoms with Gasteiger partial charge in [-0.15, -0.1) is 0 Å². The number of hydrogen-bond acceptors (Lipinski definition) is 7. The van der Waals surface area contributed by atoms with Gasteiger partial charge in [-0.2, -0.15) is 0 Å². The van der Waals surface area contributed by atoms with Crippen molar-refractivity contribution in [3.05, 3.63) is 144 Å². The van der Waals surface area contributed by atoms with Crippen molar-refractivity contribution in [3.8, 4) is 0 Å². The lowest BCUT2D eigenvalue weighted by Gasteiger charge is -2.36. The molecular weight excluding hydrogens is 901 g/mol. The van der Waals surface area contributed by atoms with Crippen LogP contribution in [0.15, 0.2) is 121 Å². The van der Waals surface area contributed by atoms with Crippen LogP contribution < -0.4 is 11.1 Å². The Bertz CT molecular complexity index is 2020. The Hall–Kier alpha value is -5.68. The van der Waals surface area contributed by atoms with E-state index >= 15 is 0 Å². The van der Waals surface area contributed by atoms with Crippen molar-refractivity contribution >= 4 is 24.1 Å². The van der Waals surface area contributed by atoms with Gasteiger partial charge < -0.3 is 25.6 Å². The number of carboxylic acid groups (broad SMARTS) is 1. The Balaban J connectivity index is 0.000000313. The summed E-state index contributed by atoms with van der Waals surface area (Å²) in [6.45, 7) is 11.9. The zero-order chi connectivity index (χ0) is 51.5. The van der Waals surface area contributed by atoms with E-state index in [0.717, 1.165) is 89.9 Å². The molecule has 396 valence electrons. The normalized spacial score (nSPS) is 15.7. The van der Waals surface area contributed by atoms with Crippen LogP contribution in [0.25, 0.3) is 0 Å². The van der Waals surface area contributed by atoms with Crippen molar-refractivity contribution < 1.29 is 33.8 Å². The summed E-state index contributed by atoms with van der Waals surface area (Å²) in [4.78, 5) is 51.9. The molecule has 2 aliphatic rings. The van der Waals surface area contributed by atoms with Crippen molar-refractivity contribution in [2.75, 3.05) is 13.1 Å². The third-order valence-corrected chi connectivity index (χ3v) is 12.7. The topological polar surface area (TPSA) is 152 Å². The van der Waals surface area contributed by atoms with Crippen molar-refractivity contribution in [1.82, 2.24) is 15.1 Å². The van der Waals surface area contributed by atoms with Crippen molar-refractivity contribution in [2.24, 2.45) is 5.73 Å². The molecule has 11 nitrogen and oxygen atoms in total. The quantitative estimate of drug-likeness (QED) is 0.0840. The first-order chi connectivity index (χ1) is 34.0. The average molecular weight is 991 g/mol.